The Morgan fingerprint density at radius 1 is 1.44 bits per heavy atom. The van der Waals surface area contributed by atoms with Crippen LogP contribution in [0.2, 0.25) is 0 Å². The Morgan fingerprint density at radius 2 is 2.12 bits per heavy atom. The van der Waals surface area contributed by atoms with E-state index >= 15 is 0 Å². The van der Waals surface area contributed by atoms with Crippen molar-refractivity contribution in [3.63, 3.8) is 0 Å². The van der Waals surface area contributed by atoms with Gasteiger partial charge in [-0.2, -0.15) is 0 Å². The minimum Gasteiger partial charge on any atom is -0.480 e. The van der Waals surface area contributed by atoms with Crippen molar-refractivity contribution in [2.75, 3.05) is 0 Å². The number of carboxylic acids is 1. The number of carbonyl (C=O) groups is 1. The molecule has 4 nitrogen and oxygen atoms in total. The van der Waals surface area contributed by atoms with Crippen LogP contribution in [0, 0.1) is 0 Å². The number of carboxylic acid groups (broad SMARTS) is 1. The van der Waals surface area contributed by atoms with Crippen LogP contribution in [0.1, 0.15) is 18.5 Å². The molecule has 2 aromatic rings. The summed E-state index contributed by atoms with van der Waals surface area (Å²) in [5, 5.41) is 9.92. The van der Waals surface area contributed by atoms with Gasteiger partial charge in [0.2, 0.25) is 0 Å². The highest BCUT2D eigenvalue weighted by molar-refractivity contribution is 5.81. The van der Waals surface area contributed by atoms with Crippen LogP contribution in [-0.2, 0) is 4.79 Å². The van der Waals surface area contributed by atoms with E-state index in [1.807, 2.05) is 37.3 Å². The number of hydrogen-bond donors (Lipinski definition) is 3. The van der Waals surface area contributed by atoms with E-state index in [2.05, 4.69) is 4.98 Å². The molecule has 0 radical (unpaired) electrons. The molecule has 2 atom stereocenters. The number of aromatic amines is 1. The van der Waals surface area contributed by atoms with Crippen molar-refractivity contribution >= 4 is 16.9 Å². The first-order valence-electron chi connectivity index (χ1n) is 5.15. The fourth-order valence-corrected chi connectivity index (χ4v) is 1.75. The standard InChI is InChI=1S/C12H14N2O2/c1-7(11(13)12(15)16)10-6-8-4-2-3-5-9(8)14-10/h2-7,11,14H,13H2,1H3,(H,15,16)/t7-,11+/m1/s1. The number of para-hydroxylation sites is 1. The van der Waals surface area contributed by atoms with Gasteiger partial charge < -0.3 is 15.8 Å². The highest BCUT2D eigenvalue weighted by Gasteiger charge is 2.22. The maximum absolute atomic E-state index is 10.8. The van der Waals surface area contributed by atoms with Gasteiger partial charge in [0.25, 0.3) is 0 Å². The van der Waals surface area contributed by atoms with Gasteiger partial charge in [-0.1, -0.05) is 25.1 Å². The molecule has 0 saturated carbocycles. The SMILES string of the molecule is C[C@H](c1cc2ccccc2[nH]1)[C@H](N)C(=O)O. The summed E-state index contributed by atoms with van der Waals surface area (Å²) in [6.07, 6.45) is 0. The Balaban J connectivity index is 2.36. The maximum Gasteiger partial charge on any atom is 0.321 e. The van der Waals surface area contributed by atoms with E-state index in [1.54, 1.807) is 0 Å². The van der Waals surface area contributed by atoms with Gasteiger partial charge in [0.05, 0.1) is 0 Å². The van der Waals surface area contributed by atoms with E-state index in [-0.39, 0.29) is 5.92 Å². The van der Waals surface area contributed by atoms with E-state index in [1.165, 1.54) is 0 Å². The lowest BCUT2D eigenvalue weighted by molar-refractivity contribution is -0.139. The van der Waals surface area contributed by atoms with Gasteiger partial charge in [-0.25, -0.2) is 0 Å². The predicted octanol–water partition coefficient (Wildman–Crippen LogP) is 1.68. The van der Waals surface area contributed by atoms with Crippen molar-refractivity contribution in [2.45, 2.75) is 18.9 Å². The molecule has 0 unspecified atom stereocenters. The van der Waals surface area contributed by atoms with Crippen LogP contribution in [0.5, 0.6) is 0 Å². The first-order valence-corrected chi connectivity index (χ1v) is 5.15. The molecular formula is C12H14N2O2. The highest BCUT2D eigenvalue weighted by atomic mass is 16.4. The quantitative estimate of drug-likeness (QED) is 0.733. The zero-order chi connectivity index (χ0) is 11.7. The number of nitrogens with one attached hydrogen (secondary N) is 1. The van der Waals surface area contributed by atoms with Crippen molar-refractivity contribution in [1.29, 1.82) is 0 Å². The lowest BCUT2D eigenvalue weighted by Gasteiger charge is -2.13. The van der Waals surface area contributed by atoms with Gasteiger partial charge >= 0.3 is 5.97 Å². The third kappa shape index (κ3) is 1.79. The van der Waals surface area contributed by atoms with Crippen molar-refractivity contribution in [3.05, 3.63) is 36.0 Å². The normalized spacial score (nSPS) is 14.9. The largest absolute Gasteiger partial charge is 0.480 e. The van der Waals surface area contributed by atoms with Crippen LogP contribution in [0.3, 0.4) is 0 Å². The molecule has 2 rings (SSSR count). The first kappa shape index (κ1) is 10.7. The number of fused-ring (bicyclic) bond motifs is 1. The fraction of sp³-hybridized carbons (Fsp3) is 0.250. The van der Waals surface area contributed by atoms with E-state index < -0.39 is 12.0 Å². The van der Waals surface area contributed by atoms with E-state index in [0.717, 1.165) is 16.6 Å². The van der Waals surface area contributed by atoms with Gasteiger partial charge in [-0.05, 0) is 17.5 Å². The summed E-state index contributed by atoms with van der Waals surface area (Å²) in [7, 11) is 0. The van der Waals surface area contributed by atoms with Crippen molar-refractivity contribution in [1.82, 2.24) is 4.98 Å². The Kier molecular flexibility index (Phi) is 2.66. The number of aromatic nitrogens is 1. The zero-order valence-corrected chi connectivity index (χ0v) is 8.97. The first-order chi connectivity index (χ1) is 7.59. The number of benzene rings is 1. The van der Waals surface area contributed by atoms with Gasteiger partial charge in [0.1, 0.15) is 6.04 Å². The van der Waals surface area contributed by atoms with Crippen LogP contribution in [-0.4, -0.2) is 22.1 Å². The van der Waals surface area contributed by atoms with Crippen molar-refractivity contribution in [2.24, 2.45) is 5.73 Å². The van der Waals surface area contributed by atoms with Crippen LogP contribution >= 0.6 is 0 Å². The molecule has 0 amide bonds. The average molecular weight is 218 g/mol. The Morgan fingerprint density at radius 3 is 2.75 bits per heavy atom. The Labute approximate surface area is 93.1 Å². The molecule has 0 bridgehead atoms. The molecule has 1 aromatic carbocycles. The van der Waals surface area contributed by atoms with Crippen molar-refractivity contribution < 1.29 is 9.90 Å². The molecule has 0 aliphatic rings. The van der Waals surface area contributed by atoms with Crippen LogP contribution in [0.15, 0.2) is 30.3 Å². The smallest absolute Gasteiger partial charge is 0.321 e. The molecule has 4 N–H and O–H groups in total. The number of rotatable bonds is 3. The zero-order valence-electron chi connectivity index (χ0n) is 8.97. The minimum atomic E-state index is -0.980. The molecule has 84 valence electrons. The monoisotopic (exact) mass is 218 g/mol. The van der Waals surface area contributed by atoms with Crippen molar-refractivity contribution in [3.8, 4) is 0 Å². The molecule has 0 saturated heterocycles. The summed E-state index contributed by atoms with van der Waals surface area (Å²) in [6.45, 7) is 1.81. The lowest BCUT2D eigenvalue weighted by atomic mass is 9.99. The van der Waals surface area contributed by atoms with Gasteiger partial charge in [-0.15, -0.1) is 0 Å². The summed E-state index contributed by atoms with van der Waals surface area (Å²) in [5.41, 5.74) is 7.45. The molecule has 16 heavy (non-hydrogen) atoms. The van der Waals surface area contributed by atoms with Crippen LogP contribution in [0.25, 0.3) is 10.9 Å². The highest BCUT2D eigenvalue weighted by Crippen LogP contribution is 2.22. The lowest BCUT2D eigenvalue weighted by Crippen LogP contribution is -2.35. The molecule has 0 spiro atoms. The van der Waals surface area contributed by atoms with Crippen LogP contribution in [0.4, 0.5) is 0 Å². The molecule has 1 heterocycles. The number of H-pyrrole nitrogens is 1. The second-order valence-electron chi connectivity index (χ2n) is 3.96. The molecule has 4 heteroatoms. The second-order valence-corrected chi connectivity index (χ2v) is 3.96. The summed E-state index contributed by atoms with van der Waals surface area (Å²) < 4.78 is 0. The third-order valence-corrected chi connectivity index (χ3v) is 2.87. The summed E-state index contributed by atoms with van der Waals surface area (Å²) in [5.74, 6) is -1.21. The Hall–Kier alpha value is -1.81. The van der Waals surface area contributed by atoms with E-state index in [9.17, 15) is 4.79 Å². The predicted molar refractivity (Wildman–Crippen MR) is 62.3 cm³/mol. The van der Waals surface area contributed by atoms with E-state index in [4.69, 9.17) is 10.8 Å². The molecule has 0 aliphatic carbocycles. The molecule has 0 aliphatic heterocycles. The minimum absolute atomic E-state index is 0.232. The molecule has 1 aromatic heterocycles. The fourth-order valence-electron chi connectivity index (χ4n) is 1.75. The third-order valence-electron chi connectivity index (χ3n) is 2.87. The van der Waals surface area contributed by atoms with Gasteiger partial charge in [-0.3, -0.25) is 4.79 Å². The summed E-state index contributed by atoms with van der Waals surface area (Å²) >= 11 is 0. The molecule has 0 fully saturated rings. The number of hydrogen-bond acceptors (Lipinski definition) is 2. The number of aliphatic carboxylic acids is 1. The van der Waals surface area contributed by atoms with E-state index in [0.29, 0.717) is 0 Å². The van der Waals surface area contributed by atoms with Gasteiger partial charge in [0, 0.05) is 17.1 Å². The second kappa shape index (κ2) is 3.98. The van der Waals surface area contributed by atoms with Gasteiger partial charge in [0.15, 0.2) is 0 Å². The average Bonchev–Trinajstić information content (AvgIpc) is 2.70. The summed E-state index contributed by atoms with van der Waals surface area (Å²) in [6, 6.07) is 8.88. The Bertz CT molecular complexity index is 485. The topological polar surface area (TPSA) is 79.1 Å². The maximum atomic E-state index is 10.8. The van der Waals surface area contributed by atoms with Crippen LogP contribution < -0.4 is 5.73 Å². The molecular weight excluding hydrogens is 204 g/mol. The number of nitrogens with two attached hydrogens (primary N) is 1. The summed E-state index contributed by atoms with van der Waals surface area (Å²) in [4.78, 5) is 14.0.